The molecular weight excluding hydrogens is 256 g/mol. The average molecular weight is 270 g/mol. The number of nitrogens with zero attached hydrogens (tertiary/aromatic N) is 1. The molecule has 102 valence electrons. The second-order valence-electron chi connectivity index (χ2n) is 4.07. The molecule has 5 nitrogen and oxygen atoms in total. The quantitative estimate of drug-likeness (QED) is 0.809. The summed E-state index contributed by atoms with van der Waals surface area (Å²) in [7, 11) is 0. The van der Waals surface area contributed by atoms with Crippen LogP contribution in [0.4, 0.5) is 0 Å². The van der Waals surface area contributed by atoms with E-state index in [4.69, 9.17) is 4.74 Å². The van der Waals surface area contributed by atoms with Gasteiger partial charge in [0.25, 0.3) is 5.91 Å². The van der Waals surface area contributed by atoms with Crippen LogP contribution in [0.1, 0.15) is 16.1 Å². The van der Waals surface area contributed by atoms with Gasteiger partial charge in [-0.15, -0.1) is 0 Å². The first-order valence-electron chi connectivity index (χ1n) is 6.12. The van der Waals surface area contributed by atoms with Crippen molar-refractivity contribution in [2.45, 2.75) is 6.54 Å². The van der Waals surface area contributed by atoms with Crippen LogP contribution in [0.25, 0.3) is 0 Å². The predicted molar refractivity (Wildman–Crippen MR) is 73.4 cm³/mol. The van der Waals surface area contributed by atoms with Crippen LogP contribution in [-0.4, -0.2) is 23.8 Å². The van der Waals surface area contributed by atoms with E-state index in [1.807, 2.05) is 18.2 Å². The first-order valence-corrected chi connectivity index (χ1v) is 6.12. The van der Waals surface area contributed by atoms with Crippen LogP contribution < -0.4 is 10.1 Å². The van der Waals surface area contributed by atoms with Crippen molar-refractivity contribution in [1.29, 1.82) is 0 Å². The van der Waals surface area contributed by atoms with Gasteiger partial charge in [-0.1, -0.05) is 6.07 Å². The number of carbonyl (C=O) groups is 2. The third-order valence-electron chi connectivity index (χ3n) is 2.58. The van der Waals surface area contributed by atoms with E-state index in [0.717, 1.165) is 12.0 Å². The molecule has 0 saturated heterocycles. The number of rotatable bonds is 6. The van der Waals surface area contributed by atoms with E-state index in [9.17, 15) is 9.59 Å². The third kappa shape index (κ3) is 4.20. The van der Waals surface area contributed by atoms with Gasteiger partial charge >= 0.3 is 0 Å². The topological polar surface area (TPSA) is 68.3 Å². The molecule has 0 unspecified atom stereocenters. The van der Waals surface area contributed by atoms with Gasteiger partial charge in [0, 0.05) is 11.8 Å². The zero-order chi connectivity index (χ0) is 14.2. The van der Waals surface area contributed by atoms with Gasteiger partial charge in [-0.2, -0.15) is 0 Å². The highest BCUT2D eigenvalue weighted by Crippen LogP contribution is 2.10. The lowest BCUT2D eigenvalue weighted by Crippen LogP contribution is -2.28. The highest BCUT2D eigenvalue weighted by atomic mass is 16.5. The van der Waals surface area contributed by atoms with E-state index >= 15 is 0 Å². The normalized spacial score (nSPS) is 9.80. The van der Waals surface area contributed by atoms with Crippen LogP contribution in [0.5, 0.6) is 5.75 Å². The van der Waals surface area contributed by atoms with Crippen molar-refractivity contribution < 1.29 is 14.3 Å². The molecule has 0 aliphatic carbocycles. The maximum absolute atomic E-state index is 11.6. The fraction of sp³-hybridized carbons (Fsp3) is 0.133. The second kappa shape index (κ2) is 7.04. The standard InChI is InChI=1S/C15H14N2O3/c18-10-12-4-6-14(7-5-12)20-11-15(19)17-9-13-3-1-2-8-16-13/h1-8,10H,9,11H2,(H,17,19). The lowest BCUT2D eigenvalue weighted by molar-refractivity contribution is -0.123. The van der Waals surface area contributed by atoms with Crippen molar-refractivity contribution in [3.05, 3.63) is 59.9 Å². The van der Waals surface area contributed by atoms with Crippen molar-refractivity contribution in [2.24, 2.45) is 0 Å². The van der Waals surface area contributed by atoms with Gasteiger partial charge in [-0.25, -0.2) is 0 Å². The molecule has 1 aromatic carbocycles. The summed E-state index contributed by atoms with van der Waals surface area (Å²) in [6.07, 6.45) is 2.43. The lowest BCUT2D eigenvalue weighted by atomic mass is 10.2. The Bertz CT molecular complexity index is 567. The summed E-state index contributed by atoms with van der Waals surface area (Å²) in [5.74, 6) is 0.318. The number of benzene rings is 1. The fourth-order valence-electron chi connectivity index (χ4n) is 1.53. The Morgan fingerprint density at radius 2 is 2.00 bits per heavy atom. The number of nitrogens with one attached hydrogen (secondary N) is 1. The highest BCUT2D eigenvalue weighted by molar-refractivity contribution is 5.77. The van der Waals surface area contributed by atoms with Gasteiger partial charge in [-0.3, -0.25) is 14.6 Å². The van der Waals surface area contributed by atoms with Crippen LogP contribution >= 0.6 is 0 Å². The number of aldehydes is 1. The lowest BCUT2D eigenvalue weighted by Gasteiger charge is -2.07. The first-order chi connectivity index (χ1) is 9.78. The summed E-state index contributed by atoms with van der Waals surface area (Å²) in [6.45, 7) is 0.292. The maximum atomic E-state index is 11.6. The van der Waals surface area contributed by atoms with E-state index in [1.54, 1.807) is 30.5 Å². The Balaban J connectivity index is 1.75. The minimum Gasteiger partial charge on any atom is -0.484 e. The number of ether oxygens (including phenoxy) is 1. The zero-order valence-corrected chi connectivity index (χ0v) is 10.8. The van der Waals surface area contributed by atoms with Gasteiger partial charge in [0.05, 0.1) is 12.2 Å². The average Bonchev–Trinajstić information content (AvgIpc) is 2.52. The first kappa shape index (κ1) is 13.7. The predicted octanol–water partition coefficient (Wildman–Crippen LogP) is 1.59. The summed E-state index contributed by atoms with van der Waals surface area (Å²) in [5, 5.41) is 2.71. The number of aromatic nitrogens is 1. The van der Waals surface area contributed by atoms with Crippen molar-refractivity contribution >= 4 is 12.2 Å². The fourth-order valence-corrected chi connectivity index (χ4v) is 1.53. The summed E-state index contributed by atoms with van der Waals surface area (Å²) in [4.78, 5) is 26.2. The van der Waals surface area contributed by atoms with Gasteiger partial charge in [0.1, 0.15) is 12.0 Å². The van der Waals surface area contributed by atoms with Gasteiger partial charge in [-0.05, 0) is 36.4 Å². The van der Waals surface area contributed by atoms with Crippen LogP contribution in [0.15, 0.2) is 48.7 Å². The van der Waals surface area contributed by atoms with Gasteiger partial charge < -0.3 is 10.1 Å². The summed E-state index contributed by atoms with van der Waals surface area (Å²) in [5.41, 5.74) is 1.35. The Morgan fingerprint density at radius 3 is 2.65 bits per heavy atom. The minimum atomic E-state index is -0.227. The van der Waals surface area contributed by atoms with Crippen molar-refractivity contribution in [2.75, 3.05) is 6.61 Å². The molecule has 2 aromatic rings. The molecule has 20 heavy (non-hydrogen) atoms. The van der Waals surface area contributed by atoms with Crippen LogP contribution in [-0.2, 0) is 11.3 Å². The summed E-state index contributed by atoms with van der Waals surface area (Å²) in [6, 6.07) is 12.1. The third-order valence-corrected chi connectivity index (χ3v) is 2.58. The Morgan fingerprint density at radius 1 is 1.20 bits per heavy atom. The molecule has 1 amide bonds. The molecule has 1 heterocycles. The smallest absolute Gasteiger partial charge is 0.258 e. The molecule has 2 rings (SSSR count). The Kier molecular flexibility index (Phi) is 4.83. The van der Waals surface area contributed by atoms with E-state index in [-0.39, 0.29) is 12.5 Å². The monoisotopic (exact) mass is 270 g/mol. The molecule has 0 spiro atoms. The molecule has 1 N–H and O–H groups in total. The van der Waals surface area contributed by atoms with Crippen molar-refractivity contribution in [3.63, 3.8) is 0 Å². The Labute approximate surface area is 116 Å². The van der Waals surface area contributed by atoms with E-state index in [0.29, 0.717) is 17.9 Å². The number of pyridine rings is 1. The molecule has 0 atom stereocenters. The zero-order valence-electron chi connectivity index (χ0n) is 10.8. The number of hydrogen-bond acceptors (Lipinski definition) is 4. The van der Waals surface area contributed by atoms with Gasteiger partial charge in [0.2, 0.25) is 0 Å². The molecule has 0 radical (unpaired) electrons. The van der Waals surface area contributed by atoms with E-state index < -0.39 is 0 Å². The molecular formula is C15H14N2O3. The second-order valence-corrected chi connectivity index (χ2v) is 4.07. The molecule has 0 aliphatic rings. The minimum absolute atomic E-state index is 0.0761. The van der Waals surface area contributed by atoms with Gasteiger partial charge in [0.15, 0.2) is 6.61 Å². The molecule has 1 aromatic heterocycles. The largest absolute Gasteiger partial charge is 0.484 e. The molecule has 0 saturated carbocycles. The number of amides is 1. The molecule has 0 aliphatic heterocycles. The molecule has 0 fully saturated rings. The number of carbonyl (C=O) groups excluding carboxylic acids is 2. The van der Waals surface area contributed by atoms with E-state index in [1.165, 1.54) is 0 Å². The van der Waals surface area contributed by atoms with Crippen molar-refractivity contribution in [3.8, 4) is 5.75 Å². The summed E-state index contributed by atoms with van der Waals surface area (Å²) < 4.78 is 5.31. The summed E-state index contributed by atoms with van der Waals surface area (Å²) >= 11 is 0. The van der Waals surface area contributed by atoms with Crippen LogP contribution in [0.3, 0.4) is 0 Å². The maximum Gasteiger partial charge on any atom is 0.258 e. The molecule has 5 heteroatoms. The Hall–Kier alpha value is -2.69. The molecule has 0 bridgehead atoms. The highest BCUT2D eigenvalue weighted by Gasteiger charge is 2.03. The SMILES string of the molecule is O=Cc1ccc(OCC(=O)NCc2ccccn2)cc1. The van der Waals surface area contributed by atoms with Crippen LogP contribution in [0.2, 0.25) is 0 Å². The van der Waals surface area contributed by atoms with E-state index in [2.05, 4.69) is 10.3 Å². The van der Waals surface area contributed by atoms with Crippen molar-refractivity contribution in [1.82, 2.24) is 10.3 Å². The number of hydrogen-bond donors (Lipinski definition) is 1. The van der Waals surface area contributed by atoms with Crippen LogP contribution in [0, 0.1) is 0 Å².